The van der Waals surface area contributed by atoms with E-state index in [0.29, 0.717) is 6.10 Å². The lowest BCUT2D eigenvalue weighted by molar-refractivity contribution is 0.0424. The van der Waals surface area contributed by atoms with Crippen molar-refractivity contribution in [2.75, 3.05) is 39.5 Å². The summed E-state index contributed by atoms with van der Waals surface area (Å²) in [6.07, 6.45) is 7.50. The molecule has 0 aromatic rings. The van der Waals surface area contributed by atoms with E-state index in [1.54, 1.807) is 0 Å². The largest absolute Gasteiger partial charge is 0.379 e. The molecule has 1 saturated heterocycles. The molecule has 0 radical (unpaired) electrons. The minimum Gasteiger partial charge on any atom is -0.379 e. The Hall–Kier alpha value is -1.07. The van der Waals surface area contributed by atoms with E-state index in [0.717, 1.165) is 64.7 Å². The molecule has 0 aliphatic carbocycles. The van der Waals surface area contributed by atoms with Gasteiger partial charge in [0.1, 0.15) is 0 Å². The molecule has 0 amide bonds. The van der Waals surface area contributed by atoms with Crippen LogP contribution in [0, 0.1) is 0 Å². The van der Waals surface area contributed by atoms with E-state index < -0.39 is 0 Å². The maximum atomic E-state index is 5.71. The van der Waals surface area contributed by atoms with Crippen LogP contribution in [0.3, 0.4) is 0 Å². The van der Waals surface area contributed by atoms with Crippen molar-refractivity contribution in [3.05, 3.63) is 12.2 Å². The Labute approximate surface area is 122 Å². The van der Waals surface area contributed by atoms with E-state index in [-0.39, 0.29) is 0 Å². The first kappa shape index (κ1) is 17.0. The SMILES string of the molecule is C/C=C/CCNC(=NCCCOC1CCOC1)NCC. The van der Waals surface area contributed by atoms with Crippen molar-refractivity contribution in [3.63, 3.8) is 0 Å². The molecule has 1 aliphatic heterocycles. The molecule has 2 N–H and O–H groups in total. The van der Waals surface area contributed by atoms with Crippen LogP contribution in [0.1, 0.15) is 33.1 Å². The van der Waals surface area contributed by atoms with Gasteiger partial charge in [-0.2, -0.15) is 0 Å². The third-order valence-corrected chi connectivity index (χ3v) is 3.00. The van der Waals surface area contributed by atoms with Gasteiger partial charge in [-0.1, -0.05) is 12.2 Å². The molecule has 1 unspecified atom stereocenters. The molecular formula is C15H29N3O2. The van der Waals surface area contributed by atoms with Crippen LogP contribution in [-0.2, 0) is 9.47 Å². The Morgan fingerprint density at radius 3 is 3.05 bits per heavy atom. The van der Waals surface area contributed by atoms with E-state index >= 15 is 0 Å². The first-order valence-corrected chi connectivity index (χ1v) is 7.69. The first-order valence-electron chi connectivity index (χ1n) is 7.69. The van der Waals surface area contributed by atoms with Crippen LogP contribution in [0.15, 0.2) is 17.1 Å². The van der Waals surface area contributed by atoms with Gasteiger partial charge in [0.15, 0.2) is 5.96 Å². The van der Waals surface area contributed by atoms with Crippen LogP contribution in [0.25, 0.3) is 0 Å². The van der Waals surface area contributed by atoms with Gasteiger partial charge < -0.3 is 20.1 Å². The number of hydrogen-bond donors (Lipinski definition) is 2. The Kier molecular flexibility index (Phi) is 9.96. The molecule has 1 atom stereocenters. The predicted molar refractivity (Wildman–Crippen MR) is 83.2 cm³/mol. The van der Waals surface area contributed by atoms with Crippen LogP contribution >= 0.6 is 0 Å². The van der Waals surface area contributed by atoms with E-state index in [9.17, 15) is 0 Å². The number of guanidine groups is 1. The van der Waals surface area contributed by atoms with E-state index in [1.807, 2.05) is 6.92 Å². The average Bonchev–Trinajstić information content (AvgIpc) is 2.96. The minimum atomic E-state index is 0.297. The van der Waals surface area contributed by atoms with Crippen LogP contribution in [-0.4, -0.2) is 51.5 Å². The second-order valence-electron chi connectivity index (χ2n) is 4.76. The van der Waals surface area contributed by atoms with E-state index in [2.05, 4.69) is 34.7 Å². The molecule has 0 spiro atoms. The minimum absolute atomic E-state index is 0.297. The average molecular weight is 283 g/mol. The summed E-state index contributed by atoms with van der Waals surface area (Å²) in [4.78, 5) is 4.53. The Balaban J connectivity index is 2.10. The molecule has 1 fully saturated rings. The number of hydrogen-bond acceptors (Lipinski definition) is 3. The van der Waals surface area contributed by atoms with Gasteiger partial charge in [0, 0.05) is 32.8 Å². The summed E-state index contributed by atoms with van der Waals surface area (Å²) >= 11 is 0. The molecule has 0 aromatic carbocycles. The number of rotatable bonds is 9. The second-order valence-corrected chi connectivity index (χ2v) is 4.76. The summed E-state index contributed by atoms with van der Waals surface area (Å²) < 4.78 is 11.0. The lowest BCUT2D eigenvalue weighted by Gasteiger charge is -2.11. The predicted octanol–water partition coefficient (Wildman–Crippen LogP) is 1.70. The highest BCUT2D eigenvalue weighted by Gasteiger charge is 2.15. The second kappa shape index (κ2) is 11.7. The summed E-state index contributed by atoms with van der Waals surface area (Å²) in [7, 11) is 0. The quantitative estimate of drug-likeness (QED) is 0.293. The van der Waals surface area contributed by atoms with Crippen molar-refractivity contribution in [1.82, 2.24) is 10.6 Å². The third kappa shape index (κ3) is 8.17. The van der Waals surface area contributed by atoms with Crippen LogP contribution in [0.4, 0.5) is 0 Å². The van der Waals surface area contributed by atoms with Gasteiger partial charge in [-0.3, -0.25) is 4.99 Å². The van der Waals surface area contributed by atoms with Crippen molar-refractivity contribution < 1.29 is 9.47 Å². The first-order chi connectivity index (χ1) is 9.86. The van der Waals surface area contributed by atoms with Crippen LogP contribution < -0.4 is 10.6 Å². The van der Waals surface area contributed by atoms with Crippen molar-refractivity contribution >= 4 is 5.96 Å². The van der Waals surface area contributed by atoms with Crippen molar-refractivity contribution in [3.8, 4) is 0 Å². The van der Waals surface area contributed by atoms with Gasteiger partial charge in [-0.25, -0.2) is 0 Å². The number of nitrogens with one attached hydrogen (secondary N) is 2. The Morgan fingerprint density at radius 1 is 1.45 bits per heavy atom. The highest BCUT2D eigenvalue weighted by molar-refractivity contribution is 5.79. The molecule has 0 saturated carbocycles. The van der Waals surface area contributed by atoms with Gasteiger partial charge in [0.2, 0.25) is 0 Å². The van der Waals surface area contributed by atoms with E-state index in [1.165, 1.54) is 0 Å². The molecular weight excluding hydrogens is 254 g/mol. The molecule has 116 valence electrons. The lowest BCUT2D eigenvalue weighted by atomic mass is 10.3. The summed E-state index contributed by atoms with van der Waals surface area (Å²) in [6.45, 7) is 9.03. The standard InChI is InChI=1S/C15H29N3O2/c1-3-5-6-9-17-15(16-4-2)18-10-7-11-20-14-8-12-19-13-14/h3,5,14H,4,6-13H2,1-2H3,(H2,16,17,18)/b5-3+. The third-order valence-electron chi connectivity index (χ3n) is 3.00. The molecule has 1 heterocycles. The van der Waals surface area contributed by atoms with Gasteiger partial charge in [0.05, 0.1) is 12.7 Å². The summed E-state index contributed by atoms with van der Waals surface area (Å²) in [5, 5.41) is 6.56. The zero-order valence-electron chi connectivity index (χ0n) is 12.9. The fraction of sp³-hybridized carbons (Fsp3) is 0.800. The van der Waals surface area contributed by atoms with Crippen LogP contribution in [0.2, 0.25) is 0 Å². The number of ether oxygens (including phenoxy) is 2. The van der Waals surface area contributed by atoms with Crippen molar-refractivity contribution in [1.29, 1.82) is 0 Å². The maximum absolute atomic E-state index is 5.71. The summed E-state index contributed by atoms with van der Waals surface area (Å²) in [6, 6.07) is 0. The number of aliphatic imine (C=N–C) groups is 1. The fourth-order valence-corrected chi connectivity index (χ4v) is 1.93. The van der Waals surface area contributed by atoms with Crippen LogP contribution in [0.5, 0.6) is 0 Å². The Morgan fingerprint density at radius 2 is 2.35 bits per heavy atom. The topological polar surface area (TPSA) is 54.9 Å². The van der Waals surface area contributed by atoms with Gasteiger partial charge in [-0.05, 0) is 33.1 Å². The summed E-state index contributed by atoms with van der Waals surface area (Å²) in [5.41, 5.74) is 0. The number of nitrogens with zero attached hydrogens (tertiary/aromatic N) is 1. The zero-order valence-corrected chi connectivity index (χ0v) is 12.9. The fourth-order valence-electron chi connectivity index (χ4n) is 1.93. The molecule has 1 rings (SSSR count). The van der Waals surface area contributed by atoms with Gasteiger partial charge in [-0.15, -0.1) is 0 Å². The number of allylic oxidation sites excluding steroid dienone is 1. The molecule has 5 heteroatoms. The lowest BCUT2D eigenvalue weighted by Crippen LogP contribution is -2.37. The van der Waals surface area contributed by atoms with Crippen molar-refractivity contribution in [2.45, 2.75) is 39.2 Å². The van der Waals surface area contributed by atoms with Gasteiger partial charge >= 0.3 is 0 Å². The highest BCUT2D eigenvalue weighted by Crippen LogP contribution is 2.07. The molecule has 1 aliphatic rings. The van der Waals surface area contributed by atoms with E-state index in [4.69, 9.17) is 9.47 Å². The summed E-state index contributed by atoms with van der Waals surface area (Å²) in [5.74, 6) is 0.890. The molecule has 0 aromatic heterocycles. The maximum Gasteiger partial charge on any atom is 0.191 e. The molecule has 0 bridgehead atoms. The zero-order chi connectivity index (χ0) is 14.5. The Bertz CT molecular complexity index is 287. The molecule has 20 heavy (non-hydrogen) atoms. The normalized spacial score (nSPS) is 19.7. The monoisotopic (exact) mass is 283 g/mol. The van der Waals surface area contributed by atoms with Crippen molar-refractivity contribution in [2.24, 2.45) is 4.99 Å². The van der Waals surface area contributed by atoms with Gasteiger partial charge in [0.25, 0.3) is 0 Å². The highest BCUT2D eigenvalue weighted by atomic mass is 16.5. The molecule has 5 nitrogen and oxygen atoms in total. The smallest absolute Gasteiger partial charge is 0.191 e.